The Balaban J connectivity index is 1.98. The molecule has 23 heteroatoms. The third-order valence-electron chi connectivity index (χ3n) is 12.3. The van der Waals surface area contributed by atoms with E-state index in [-0.39, 0.29) is 51.0 Å². The number of fused-ring (bicyclic) bond motifs is 2. The highest BCUT2D eigenvalue weighted by atomic mass is 16.7. The lowest BCUT2D eigenvalue weighted by atomic mass is 9.86. The highest BCUT2D eigenvalue weighted by molar-refractivity contribution is 5.79. The minimum atomic E-state index is -1.82. The molecular formula is C52H80N4O19. The molecule has 3 rings (SSSR count). The van der Waals surface area contributed by atoms with Crippen LogP contribution in [0.1, 0.15) is 78.6 Å². The maximum absolute atomic E-state index is 13.1. The molecule has 0 aromatic rings. The fourth-order valence-electron chi connectivity index (χ4n) is 8.35. The lowest BCUT2D eigenvalue weighted by Gasteiger charge is -2.48. The highest BCUT2D eigenvalue weighted by Gasteiger charge is 2.50. The number of carbonyl (C=O) groups excluding carboxylic acids is 4. The number of urea groups is 1. The Morgan fingerprint density at radius 2 is 1.33 bits per heavy atom. The number of alkyl carbamates (subject to hydrolysis) is 1. The van der Waals surface area contributed by atoms with E-state index in [1.165, 1.54) is 13.2 Å². The van der Waals surface area contributed by atoms with E-state index in [2.05, 4.69) is 28.1 Å². The van der Waals surface area contributed by atoms with E-state index in [1.807, 2.05) is 6.92 Å². The Bertz CT molecular complexity index is 1980. The van der Waals surface area contributed by atoms with Gasteiger partial charge >= 0.3 is 18.1 Å². The van der Waals surface area contributed by atoms with Gasteiger partial charge in [0.2, 0.25) is 5.91 Å². The fourth-order valence-corrected chi connectivity index (χ4v) is 8.35. The number of hydrazine groups is 1. The number of aliphatic hydroxyl groups is 9. The zero-order chi connectivity index (χ0) is 55.5. The number of allylic oxidation sites excluding steroid dienone is 12. The molecule has 0 aromatic heterocycles. The van der Waals surface area contributed by atoms with Crippen molar-refractivity contribution in [2.75, 3.05) is 20.3 Å². The molecule has 13 N–H and O–H groups in total. The van der Waals surface area contributed by atoms with E-state index in [0.717, 1.165) is 6.92 Å². The summed E-state index contributed by atoms with van der Waals surface area (Å²) >= 11 is 0. The van der Waals surface area contributed by atoms with Crippen LogP contribution in [0.25, 0.3) is 0 Å². The Labute approximate surface area is 437 Å². The van der Waals surface area contributed by atoms with Gasteiger partial charge in [0, 0.05) is 52.1 Å². The number of rotatable bonds is 7. The van der Waals surface area contributed by atoms with Crippen LogP contribution in [0, 0.1) is 5.92 Å². The molecule has 0 aromatic carbocycles. The Morgan fingerprint density at radius 3 is 1.95 bits per heavy atom. The molecule has 0 saturated carbocycles. The molecule has 3 aliphatic rings. The molecule has 0 aliphatic carbocycles. The number of hydrogen-bond donors (Lipinski definition) is 13. The monoisotopic (exact) mass is 1060 g/mol. The van der Waals surface area contributed by atoms with Crippen LogP contribution >= 0.6 is 0 Å². The highest BCUT2D eigenvalue weighted by Crippen LogP contribution is 2.37. The van der Waals surface area contributed by atoms with Crippen molar-refractivity contribution in [3.63, 3.8) is 0 Å². The predicted molar refractivity (Wildman–Crippen MR) is 271 cm³/mol. The van der Waals surface area contributed by atoms with Crippen LogP contribution < -0.4 is 21.5 Å². The Morgan fingerprint density at radius 1 is 0.707 bits per heavy atom. The number of carbonyl (C=O) groups is 4. The molecule has 422 valence electrons. The minimum Gasteiger partial charge on any atom is -0.462 e. The second kappa shape index (κ2) is 33.8. The summed E-state index contributed by atoms with van der Waals surface area (Å²) in [4.78, 5) is 49.7. The fraction of sp³-hybridized carbons (Fsp3) is 0.615. The van der Waals surface area contributed by atoms with Crippen molar-refractivity contribution >= 4 is 24.0 Å². The SMILES string of the molecule is C=CCOC(=O)N[C@@H]1[C@H](O)[C@H](O[C@H]2/C=C/C=C/C=C/C=C/C=C/C=C/C=C/[C@H](C)[C@@H](O)C[C@H](C)OC(=O)C[C@H](O)C[C@H](O)CC[C@@H](O)[C@H](O)C[C@H](O)C[C@]3(OC)C[C@H](O)[C@@H](NC(=O)NNC(C)=O)[C@H](C2)O3)OC[C@H]1O. The molecule has 17 atom stereocenters. The summed E-state index contributed by atoms with van der Waals surface area (Å²) in [6.07, 6.45) is 5.50. The largest absolute Gasteiger partial charge is 0.462 e. The van der Waals surface area contributed by atoms with E-state index in [9.17, 15) is 65.1 Å². The summed E-state index contributed by atoms with van der Waals surface area (Å²) in [6, 6.07) is -3.54. The molecule has 3 heterocycles. The standard InChI is InChI=1S/C52H80N4O19/c1-6-23-71-51(69)54-47-43(65)31-72-49(48(47)67)74-38-20-18-16-14-12-10-8-7-9-11-13-15-17-19-32(2)40(62)24-33(3)73-45(66)27-36(59)25-35(58)21-22-39(61)41(63)26-37(60)29-52(70-5)30-42(64)46(44(28-38)75-52)53-50(68)56-55-34(4)57/h6-20,32-33,35-44,46-49,58-65,67H,1,21-31H2,2-5H3,(H,54,69)(H,55,57)(H2,53,56,68)/b8-7+,11-9+,12-10+,15-13+,16-14+,19-17+,20-18+/t32-,33-,35+,36+,37-,38-,39+,40-,41+,42-,43+,44-,46+,47-,48-,49-,52+/m0/s1. The third kappa shape index (κ3) is 24.2. The smallest absolute Gasteiger partial charge is 0.407 e. The van der Waals surface area contributed by atoms with E-state index in [0.29, 0.717) is 0 Å². The maximum atomic E-state index is 13.1. The second-order valence-corrected chi connectivity index (χ2v) is 18.8. The van der Waals surface area contributed by atoms with Gasteiger partial charge in [-0.1, -0.05) is 105 Å². The first-order chi connectivity index (χ1) is 35.6. The number of aliphatic hydroxyl groups excluding tert-OH is 9. The number of cyclic esters (lactones) is 1. The van der Waals surface area contributed by atoms with Gasteiger partial charge in [-0.3, -0.25) is 15.0 Å². The van der Waals surface area contributed by atoms with Gasteiger partial charge in [-0.15, -0.1) is 0 Å². The van der Waals surface area contributed by atoms with E-state index in [4.69, 9.17) is 28.4 Å². The second-order valence-electron chi connectivity index (χ2n) is 18.8. The summed E-state index contributed by atoms with van der Waals surface area (Å²) in [5.74, 6) is -3.43. The van der Waals surface area contributed by atoms with Crippen molar-refractivity contribution in [1.29, 1.82) is 0 Å². The molecule has 2 fully saturated rings. The number of esters is 1. The van der Waals surface area contributed by atoms with Gasteiger partial charge in [0.15, 0.2) is 12.1 Å². The van der Waals surface area contributed by atoms with Gasteiger partial charge in [-0.25, -0.2) is 15.0 Å². The number of ether oxygens (including phenoxy) is 6. The van der Waals surface area contributed by atoms with Gasteiger partial charge in [0.05, 0.1) is 80.0 Å². The van der Waals surface area contributed by atoms with Crippen LogP contribution in [0.15, 0.2) is 97.7 Å². The van der Waals surface area contributed by atoms with E-state index < -0.39 is 147 Å². The summed E-state index contributed by atoms with van der Waals surface area (Å²) < 4.78 is 34.6. The molecule has 3 aliphatic heterocycles. The number of amides is 4. The van der Waals surface area contributed by atoms with Crippen molar-refractivity contribution < 1.29 is 93.6 Å². The first-order valence-electron chi connectivity index (χ1n) is 25.0. The summed E-state index contributed by atoms with van der Waals surface area (Å²) in [7, 11) is 1.25. The average molecular weight is 1070 g/mol. The zero-order valence-corrected chi connectivity index (χ0v) is 43.0. The minimum absolute atomic E-state index is 0.104. The van der Waals surface area contributed by atoms with Crippen LogP contribution in [0.4, 0.5) is 9.59 Å². The number of methoxy groups -OCH3 is 1. The Hall–Kier alpha value is -5.12. The molecule has 2 bridgehead atoms. The van der Waals surface area contributed by atoms with Gasteiger partial charge < -0.3 is 85.0 Å². The topological polar surface area (TPSA) is 354 Å². The predicted octanol–water partition coefficient (Wildman–Crippen LogP) is 0.703. The van der Waals surface area contributed by atoms with Gasteiger partial charge in [-0.05, 0) is 26.2 Å². The van der Waals surface area contributed by atoms with Gasteiger partial charge in [-0.2, -0.15) is 0 Å². The summed E-state index contributed by atoms with van der Waals surface area (Å²) in [5.41, 5.74) is 4.31. The molecular weight excluding hydrogens is 985 g/mol. The van der Waals surface area contributed by atoms with Crippen molar-refractivity contribution in [3.8, 4) is 0 Å². The quantitative estimate of drug-likeness (QED) is 0.0948. The van der Waals surface area contributed by atoms with Crippen LogP contribution in [-0.4, -0.2) is 188 Å². The lowest BCUT2D eigenvalue weighted by Crippen LogP contribution is -2.64. The van der Waals surface area contributed by atoms with Crippen molar-refractivity contribution in [3.05, 3.63) is 97.7 Å². The normalized spacial score (nSPS) is 38.6. The molecule has 0 radical (unpaired) electrons. The first-order valence-corrected chi connectivity index (χ1v) is 25.0. The summed E-state index contributed by atoms with van der Waals surface area (Å²) in [6.45, 7) is 7.53. The molecule has 4 amide bonds. The van der Waals surface area contributed by atoms with Crippen molar-refractivity contribution in [1.82, 2.24) is 21.5 Å². The van der Waals surface area contributed by atoms with E-state index in [1.54, 1.807) is 92.0 Å². The van der Waals surface area contributed by atoms with Gasteiger partial charge in [0.25, 0.3) is 0 Å². The first kappa shape index (κ1) is 64.2. The molecule has 2 saturated heterocycles. The summed E-state index contributed by atoms with van der Waals surface area (Å²) in [5, 5.41) is 104. The Kier molecular flexibility index (Phi) is 28.9. The zero-order valence-electron chi connectivity index (χ0n) is 43.0. The van der Waals surface area contributed by atoms with E-state index >= 15 is 0 Å². The maximum Gasteiger partial charge on any atom is 0.407 e. The van der Waals surface area contributed by atoms with Crippen LogP contribution in [0.3, 0.4) is 0 Å². The van der Waals surface area contributed by atoms with Crippen molar-refractivity contribution in [2.24, 2.45) is 5.92 Å². The van der Waals surface area contributed by atoms with Crippen molar-refractivity contribution in [2.45, 2.75) is 176 Å². The van der Waals surface area contributed by atoms with Crippen LogP contribution in [0.5, 0.6) is 0 Å². The van der Waals surface area contributed by atoms with Crippen LogP contribution in [-0.2, 0) is 38.0 Å². The third-order valence-corrected chi connectivity index (χ3v) is 12.3. The van der Waals surface area contributed by atoms with Crippen LogP contribution in [0.2, 0.25) is 0 Å². The molecule has 23 nitrogen and oxygen atoms in total. The number of hydrogen-bond acceptors (Lipinski definition) is 19. The van der Waals surface area contributed by atoms with Gasteiger partial charge in [0.1, 0.15) is 24.9 Å². The molecule has 0 unspecified atom stereocenters. The lowest BCUT2D eigenvalue weighted by molar-refractivity contribution is -0.309. The molecule has 75 heavy (non-hydrogen) atoms. The number of nitrogens with one attached hydrogen (secondary N) is 4. The molecule has 0 spiro atoms. The average Bonchev–Trinajstić information content (AvgIpc) is 3.34.